The van der Waals surface area contributed by atoms with Gasteiger partial charge in [-0.1, -0.05) is 25.5 Å². The maximum absolute atomic E-state index is 12.7. The van der Waals surface area contributed by atoms with Crippen molar-refractivity contribution in [1.29, 1.82) is 0 Å². The van der Waals surface area contributed by atoms with E-state index in [-0.39, 0.29) is 49.5 Å². The van der Waals surface area contributed by atoms with E-state index in [2.05, 4.69) is 19.9 Å². The summed E-state index contributed by atoms with van der Waals surface area (Å²) in [5.41, 5.74) is 1.40. The molecule has 0 amide bonds. The summed E-state index contributed by atoms with van der Waals surface area (Å²) < 4.78 is 75.9. The van der Waals surface area contributed by atoms with Crippen LogP contribution >= 0.6 is 0 Å². The molecule has 342 valence electrons. The molecule has 0 aromatic heterocycles. The summed E-state index contributed by atoms with van der Waals surface area (Å²) in [6, 6.07) is 0. The number of ether oxygens (including phenoxy) is 14. The molecule has 0 N–H and O–H groups in total. The second kappa shape index (κ2) is 28.5. The van der Waals surface area contributed by atoms with E-state index >= 15 is 0 Å². The topological polar surface area (TPSA) is 163 Å². The molecule has 0 saturated heterocycles. The summed E-state index contributed by atoms with van der Waals surface area (Å²) in [5.74, 6) is 1.57. The van der Waals surface area contributed by atoms with E-state index in [0.29, 0.717) is 123 Å². The molecule has 3 fully saturated rings. The van der Waals surface area contributed by atoms with Crippen LogP contribution in [0.5, 0.6) is 0 Å². The first-order valence-electron chi connectivity index (χ1n) is 21.8. The van der Waals surface area contributed by atoms with E-state index in [9.17, 15) is 9.59 Å². The molecule has 4 aliphatic rings. The summed E-state index contributed by atoms with van der Waals surface area (Å²) in [5, 5.41) is 0. The molecule has 4 aliphatic carbocycles. The van der Waals surface area contributed by atoms with E-state index in [4.69, 9.17) is 66.3 Å². The van der Waals surface area contributed by atoms with Crippen molar-refractivity contribution in [2.24, 2.45) is 28.6 Å². The molecule has 4 rings (SSSR count). The van der Waals surface area contributed by atoms with Crippen molar-refractivity contribution in [2.45, 2.75) is 77.4 Å². The van der Waals surface area contributed by atoms with E-state index in [1.165, 1.54) is 5.57 Å². The van der Waals surface area contributed by atoms with Gasteiger partial charge >= 0.3 is 12.3 Å². The average molecular weight is 847 g/mol. The Hall–Kier alpha value is -2.12. The molecule has 0 radical (unpaired) electrons. The first kappa shape index (κ1) is 49.5. The van der Waals surface area contributed by atoms with Crippen molar-refractivity contribution in [1.82, 2.24) is 0 Å². The van der Waals surface area contributed by atoms with Crippen LogP contribution in [0.1, 0.15) is 65.2 Å². The van der Waals surface area contributed by atoms with E-state index in [1.54, 1.807) is 14.2 Å². The predicted molar refractivity (Wildman–Crippen MR) is 214 cm³/mol. The first-order valence-corrected chi connectivity index (χ1v) is 21.8. The number of fused-ring (bicyclic) bond motifs is 5. The largest absolute Gasteiger partial charge is 0.508 e. The Morgan fingerprint density at radius 3 is 1.44 bits per heavy atom. The van der Waals surface area contributed by atoms with Gasteiger partial charge in [-0.3, -0.25) is 0 Å². The lowest BCUT2D eigenvalue weighted by Crippen LogP contribution is -2.51. The number of hydrogen-bond acceptors (Lipinski definition) is 16. The van der Waals surface area contributed by atoms with Crippen LogP contribution in [-0.2, 0) is 66.3 Å². The summed E-state index contributed by atoms with van der Waals surface area (Å²) >= 11 is 0. The molecular formula is C43H74O16. The summed E-state index contributed by atoms with van der Waals surface area (Å²) in [4.78, 5) is 25.3. The van der Waals surface area contributed by atoms with Gasteiger partial charge in [0.1, 0.15) is 25.4 Å². The summed E-state index contributed by atoms with van der Waals surface area (Å²) in [6.45, 7) is 13.4. The molecular weight excluding hydrogens is 772 g/mol. The van der Waals surface area contributed by atoms with Crippen LogP contribution in [0, 0.1) is 28.6 Å². The molecule has 16 heteroatoms. The van der Waals surface area contributed by atoms with Gasteiger partial charge in [-0.25, -0.2) is 9.59 Å². The minimum atomic E-state index is -0.646. The minimum absolute atomic E-state index is 0.0741. The van der Waals surface area contributed by atoms with Crippen LogP contribution in [-0.4, -0.2) is 171 Å². The van der Waals surface area contributed by atoms with Crippen LogP contribution in [0.4, 0.5) is 9.59 Å². The van der Waals surface area contributed by atoms with Crippen molar-refractivity contribution >= 4 is 12.3 Å². The van der Waals surface area contributed by atoms with Crippen LogP contribution < -0.4 is 0 Å². The highest BCUT2D eigenvalue weighted by atomic mass is 16.7. The fourth-order valence-electron chi connectivity index (χ4n) is 9.37. The molecule has 0 spiro atoms. The van der Waals surface area contributed by atoms with Gasteiger partial charge in [-0.05, 0) is 68.1 Å². The van der Waals surface area contributed by atoms with Crippen molar-refractivity contribution < 1.29 is 75.9 Å². The van der Waals surface area contributed by atoms with Gasteiger partial charge in [-0.15, -0.1) is 0 Å². The Morgan fingerprint density at radius 2 is 0.966 bits per heavy atom. The number of carbonyl (C=O) groups excluding carboxylic acids is 2. The molecule has 0 unspecified atom stereocenters. The third-order valence-electron chi connectivity index (χ3n) is 12.5. The zero-order chi connectivity index (χ0) is 42.0. The maximum Gasteiger partial charge on any atom is 0.508 e. The van der Waals surface area contributed by atoms with Crippen molar-refractivity contribution in [3.8, 4) is 0 Å². The molecule has 0 aliphatic heterocycles. The van der Waals surface area contributed by atoms with Crippen molar-refractivity contribution in [2.75, 3.05) is 146 Å². The van der Waals surface area contributed by atoms with Gasteiger partial charge in [0.2, 0.25) is 0 Å². The van der Waals surface area contributed by atoms with Crippen molar-refractivity contribution in [3.05, 3.63) is 11.6 Å². The zero-order valence-electron chi connectivity index (χ0n) is 36.3. The summed E-state index contributed by atoms with van der Waals surface area (Å²) in [6.07, 6.45) is 8.31. The van der Waals surface area contributed by atoms with Gasteiger partial charge < -0.3 is 66.3 Å². The van der Waals surface area contributed by atoms with Crippen LogP contribution in [0.25, 0.3) is 0 Å². The number of rotatable bonds is 32. The standard InChI is InChI=1S/C43H74O16/c1-42-11-9-35(58-40(44)56-31-29-54-27-25-52-23-21-50-19-17-48-15-13-46-3)33-34(42)5-6-36-37-7-8-39(43(37,2)12-10-38(36)42)59-41(45)57-32-30-55-28-26-53-24-22-51-20-18-49-16-14-47-4/h5,35-39H,6-33H2,1-4H3/t35-,36-,37-,38-,39-,42-,43-/m0/s1. The highest BCUT2D eigenvalue weighted by Crippen LogP contribution is 2.65. The molecule has 0 aromatic rings. The van der Waals surface area contributed by atoms with Gasteiger partial charge in [0.25, 0.3) is 0 Å². The van der Waals surface area contributed by atoms with E-state index in [1.807, 2.05) is 0 Å². The van der Waals surface area contributed by atoms with Crippen LogP contribution in [0.3, 0.4) is 0 Å². The zero-order valence-corrected chi connectivity index (χ0v) is 36.3. The third-order valence-corrected chi connectivity index (χ3v) is 12.5. The molecule has 59 heavy (non-hydrogen) atoms. The van der Waals surface area contributed by atoms with Crippen molar-refractivity contribution in [3.63, 3.8) is 0 Å². The molecule has 7 atom stereocenters. The predicted octanol–water partition coefficient (Wildman–Crippen LogP) is 5.42. The molecule has 3 saturated carbocycles. The second-order valence-electron chi connectivity index (χ2n) is 16.1. The number of methoxy groups -OCH3 is 2. The first-order chi connectivity index (χ1) is 28.8. The molecule has 0 bridgehead atoms. The Balaban J connectivity index is 1.03. The highest BCUT2D eigenvalue weighted by molar-refractivity contribution is 5.60. The quantitative estimate of drug-likeness (QED) is 0.0479. The fraction of sp³-hybridized carbons (Fsp3) is 0.907. The SMILES string of the molecule is COCCOCCOCCOCCOCCOC(=O)O[C@H]1CC[C@@]2(C)C(=CC[C@H]3[C@@H]4CC[C@H](OC(=O)OCCOCCOCCOCCOCCOC)[C@@]4(C)CC[C@@H]32)C1. The molecule has 16 nitrogen and oxygen atoms in total. The summed E-state index contributed by atoms with van der Waals surface area (Å²) in [7, 11) is 3.28. The second-order valence-corrected chi connectivity index (χ2v) is 16.1. The van der Waals surface area contributed by atoms with Crippen LogP contribution in [0.15, 0.2) is 11.6 Å². The van der Waals surface area contributed by atoms with Gasteiger partial charge in [0.15, 0.2) is 0 Å². The van der Waals surface area contributed by atoms with Gasteiger partial charge in [0, 0.05) is 26.1 Å². The highest BCUT2D eigenvalue weighted by Gasteiger charge is 2.60. The Labute approximate surface area is 351 Å². The molecule has 0 heterocycles. The van der Waals surface area contributed by atoms with Gasteiger partial charge in [0.05, 0.1) is 119 Å². The fourth-order valence-corrected chi connectivity index (χ4v) is 9.37. The third kappa shape index (κ3) is 16.9. The van der Waals surface area contributed by atoms with Gasteiger partial charge in [-0.2, -0.15) is 0 Å². The normalized spacial score (nSPS) is 27.3. The number of allylic oxidation sites excluding steroid dienone is 1. The lowest BCUT2D eigenvalue weighted by molar-refractivity contribution is -0.0878. The average Bonchev–Trinajstić information content (AvgIpc) is 3.56. The maximum atomic E-state index is 12.7. The Morgan fingerprint density at radius 1 is 0.525 bits per heavy atom. The molecule has 0 aromatic carbocycles. The minimum Gasteiger partial charge on any atom is -0.432 e. The monoisotopic (exact) mass is 846 g/mol. The van der Waals surface area contributed by atoms with Crippen LogP contribution in [0.2, 0.25) is 0 Å². The van der Waals surface area contributed by atoms with E-state index < -0.39 is 12.3 Å². The van der Waals surface area contributed by atoms with E-state index in [0.717, 1.165) is 51.4 Å². The lowest BCUT2D eigenvalue weighted by atomic mass is 9.48. The Kier molecular flexibility index (Phi) is 23.9. The Bertz CT molecular complexity index is 1190. The number of carbonyl (C=O) groups is 2. The lowest BCUT2D eigenvalue weighted by Gasteiger charge is -2.57. The smallest absolute Gasteiger partial charge is 0.432 e. The number of hydrogen-bond donors (Lipinski definition) is 0.